The van der Waals surface area contributed by atoms with Crippen LogP contribution in [0.3, 0.4) is 0 Å². The second kappa shape index (κ2) is 6.10. The Morgan fingerprint density at radius 2 is 1.79 bits per heavy atom. The summed E-state index contributed by atoms with van der Waals surface area (Å²) in [6.45, 7) is 0. The zero-order chi connectivity index (χ0) is 17.3. The van der Waals surface area contributed by atoms with E-state index in [9.17, 15) is 13.2 Å². The van der Waals surface area contributed by atoms with E-state index in [1.54, 1.807) is 30.3 Å². The number of anilines is 1. The van der Waals surface area contributed by atoms with Crippen molar-refractivity contribution in [3.63, 3.8) is 0 Å². The van der Waals surface area contributed by atoms with Gasteiger partial charge in [0, 0.05) is 5.39 Å². The molecule has 0 aliphatic heterocycles. The van der Waals surface area contributed by atoms with Crippen LogP contribution < -0.4 is 4.72 Å². The van der Waals surface area contributed by atoms with E-state index in [-0.39, 0.29) is 26.8 Å². The summed E-state index contributed by atoms with van der Waals surface area (Å²) in [6.07, 6.45) is 0. The van der Waals surface area contributed by atoms with E-state index in [2.05, 4.69) is 9.71 Å². The van der Waals surface area contributed by atoms with Gasteiger partial charge in [0.05, 0.1) is 16.2 Å². The van der Waals surface area contributed by atoms with Crippen LogP contribution in [0.1, 0.15) is 10.5 Å². The van der Waals surface area contributed by atoms with Crippen molar-refractivity contribution in [1.29, 1.82) is 0 Å². The summed E-state index contributed by atoms with van der Waals surface area (Å²) in [5.41, 5.74) is 0.246. The third-order valence-corrected chi connectivity index (χ3v) is 5.18. The second-order valence-electron chi connectivity index (χ2n) is 4.91. The molecule has 0 atom stereocenters. The number of para-hydroxylation sites is 1. The highest BCUT2D eigenvalue weighted by Gasteiger charge is 2.19. The van der Waals surface area contributed by atoms with Crippen molar-refractivity contribution in [3.8, 4) is 0 Å². The van der Waals surface area contributed by atoms with Gasteiger partial charge < -0.3 is 5.11 Å². The molecule has 0 radical (unpaired) electrons. The van der Waals surface area contributed by atoms with Gasteiger partial charge in [-0.05, 0) is 24.3 Å². The van der Waals surface area contributed by atoms with Crippen LogP contribution in [-0.4, -0.2) is 24.5 Å². The van der Waals surface area contributed by atoms with Crippen molar-refractivity contribution in [3.05, 3.63) is 65.3 Å². The number of rotatable bonds is 4. The lowest BCUT2D eigenvalue weighted by Gasteiger charge is -2.11. The van der Waals surface area contributed by atoms with Gasteiger partial charge in [-0.2, -0.15) is 0 Å². The summed E-state index contributed by atoms with van der Waals surface area (Å²) >= 11 is 5.95. The molecule has 1 heterocycles. The Hall–Kier alpha value is -2.64. The fourth-order valence-corrected chi connectivity index (χ4v) is 3.80. The summed E-state index contributed by atoms with van der Waals surface area (Å²) in [5, 5.41) is 9.76. The molecule has 0 amide bonds. The molecule has 0 spiro atoms. The normalized spacial score (nSPS) is 11.4. The molecule has 6 nitrogen and oxygen atoms in total. The first kappa shape index (κ1) is 16.2. The predicted octanol–water partition coefficient (Wildman–Crippen LogP) is 3.39. The number of nitrogens with one attached hydrogen (secondary N) is 1. The van der Waals surface area contributed by atoms with Crippen molar-refractivity contribution in [1.82, 2.24) is 4.98 Å². The van der Waals surface area contributed by atoms with Crippen LogP contribution in [-0.2, 0) is 10.0 Å². The fourth-order valence-electron chi connectivity index (χ4n) is 2.21. The molecular formula is C16H11ClN2O4S. The van der Waals surface area contributed by atoms with Crippen LogP contribution in [0.15, 0.2) is 59.5 Å². The number of carboxylic acids is 1. The first-order chi connectivity index (χ1) is 11.4. The Bertz CT molecular complexity index is 1050. The van der Waals surface area contributed by atoms with Gasteiger partial charge >= 0.3 is 5.97 Å². The van der Waals surface area contributed by atoms with Crippen LogP contribution in [0, 0.1) is 0 Å². The van der Waals surface area contributed by atoms with Crippen LogP contribution in [0.2, 0.25) is 5.02 Å². The number of pyridine rings is 1. The lowest BCUT2D eigenvalue weighted by atomic mass is 10.2. The molecule has 24 heavy (non-hydrogen) atoms. The standard InChI is InChI=1S/C16H11ClN2O4S/c17-11-5-1-2-7-14(11)24(22,23)19-12-6-3-4-10-8-9-13(16(20)21)18-15(10)12/h1-9,19H,(H,20,21). The molecule has 3 rings (SSSR count). The van der Waals surface area contributed by atoms with Gasteiger partial charge in [0.1, 0.15) is 10.6 Å². The molecule has 0 fully saturated rings. The number of nitrogens with zero attached hydrogens (tertiary/aromatic N) is 1. The minimum Gasteiger partial charge on any atom is -0.477 e. The summed E-state index contributed by atoms with van der Waals surface area (Å²) in [7, 11) is -3.94. The molecule has 122 valence electrons. The van der Waals surface area contributed by atoms with Gasteiger partial charge in [-0.1, -0.05) is 41.9 Å². The van der Waals surface area contributed by atoms with Crippen LogP contribution in [0.5, 0.6) is 0 Å². The first-order valence-electron chi connectivity index (χ1n) is 6.79. The Morgan fingerprint density at radius 1 is 1.04 bits per heavy atom. The molecule has 8 heteroatoms. The fraction of sp³-hybridized carbons (Fsp3) is 0. The van der Waals surface area contributed by atoms with E-state index in [0.717, 1.165) is 0 Å². The van der Waals surface area contributed by atoms with Gasteiger partial charge in [-0.3, -0.25) is 4.72 Å². The molecule has 1 aromatic heterocycles. The molecular weight excluding hydrogens is 352 g/mol. The number of halogens is 1. The first-order valence-corrected chi connectivity index (χ1v) is 8.65. The summed E-state index contributed by atoms with van der Waals surface area (Å²) in [4.78, 5) is 15.0. The number of sulfonamides is 1. The van der Waals surface area contributed by atoms with E-state index in [1.807, 2.05) is 0 Å². The van der Waals surface area contributed by atoms with E-state index < -0.39 is 16.0 Å². The molecule has 0 unspecified atom stereocenters. The van der Waals surface area contributed by atoms with Gasteiger partial charge in [0.25, 0.3) is 10.0 Å². The van der Waals surface area contributed by atoms with Crippen molar-refractivity contribution in [2.75, 3.05) is 4.72 Å². The topological polar surface area (TPSA) is 96.4 Å². The SMILES string of the molecule is O=C(O)c1ccc2cccc(NS(=O)(=O)c3ccccc3Cl)c2n1. The summed E-state index contributed by atoms with van der Waals surface area (Å²) in [5.74, 6) is -1.19. The monoisotopic (exact) mass is 362 g/mol. The Labute approximate surface area is 142 Å². The maximum absolute atomic E-state index is 12.5. The minimum atomic E-state index is -3.94. The third-order valence-electron chi connectivity index (χ3n) is 3.31. The second-order valence-corrected chi connectivity index (χ2v) is 6.97. The number of carbonyl (C=O) groups is 1. The van der Waals surface area contributed by atoms with E-state index >= 15 is 0 Å². The predicted molar refractivity (Wildman–Crippen MR) is 91.0 cm³/mol. The van der Waals surface area contributed by atoms with Crippen LogP contribution in [0.4, 0.5) is 5.69 Å². The smallest absolute Gasteiger partial charge is 0.354 e. The Morgan fingerprint density at radius 3 is 2.50 bits per heavy atom. The van der Waals surface area contributed by atoms with Crippen molar-refractivity contribution < 1.29 is 18.3 Å². The highest BCUT2D eigenvalue weighted by Crippen LogP contribution is 2.27. The zero-order valence-corrected chi connectivity index (χ0v) is 13.7. The molecule has 0 aliphatic rings. The molecule has 2 N–H and O–H groups in total. The van der Waals surface area contributed by atoms with Crippen LogP contribution >= 0.6 is 11.6 Å². The van der Waals surface area contributed by atoms with Crippen molar-refractivity contribution in [2.45, 2.75) is 4.90 Å². The summed E-state index contributed by atoms with van der Waals surface area (Å²) in [6, 6.07) is 13.8. The number of aromatic nitrogens is 1. The van der Waals surface area contributed by atoms with Gasteiger partial charge in [0.15, 0.2) is 0 Å². The molecule has 0 bridgehead atoms. The average molecular weight is 363 g/mol. The largest absolute Gasteiger partial charge is 0.477 e. The molecule has 0 saturated heterocycles. The molecule has 0 aliphatic carbocycles. The highest BCUT2D eigenvalue weighted by molar-refractivity contribution is 7.92. The quantitative estimate of drug-likeness (QED) is 0.741. The maximum atomic E-state index is 12.5. The third kappa shape index (κ3) is 3.04. The minimum absolute atomic E-state index is 0.0712. The lowest BCUT2D eigenvalue weighted by Crippen LogP contribution is -2.14. The average Bonchev–Trinajstić information content (AvgIpc) is 2.54. The molecule has 3 aromatic rings. The van der Waals surface area contributed by atoms with E-state index in [4.69, 9.17) is 16.7 Å². The summed E-state index contributed by atoms with van der Waals surface area (Å²) < 4.78 is 27.5. The van der Waals surface area contributed by atoms with Gasteiger partial charge in [0.2, 0.25) is 0 Å². The molecule has 2 aromatic carbocycles. The number of aromatic carboxylic acids is 1. The lowest BCUT2D eigenvalue weighted by molar-refractivity contribution is 0.0691. The number of carboxylic acid groups (broad SMARTS) is 1. The number of fused-ring (bicyclic) bond motifs is 1. The Kier molecular flexibility index (Phi) is 4.13. The zero-order valence-electron chi connectivity index (χ0n) is 12.1. The van der Waals surface area contributed by atoms with Gasteiger partial charge in [-0.25, -0.2) is 18.2 Å². The van der Waals surface area contributed by atoms with E-state index in [0.29, 0.717) is 5.39 Å². The van der Waals surface area contributed by atoms with Gasteiger partial charge in [-0.15, -0.1) is 0 Å². The van der Waals surface area contributed by atoms with E-state index in [1.165, 1.54) is 24.3 Å². The van der Waals surface area contributed by atoms with Crippen molar-refractivity contribution >= 4 is 44.2 Å². The number of benzene rings is 2. The van der Waals surface area contributed by atoms with Crippen LogP contribution in [0.25, 0.3) is 10.9 Å². The number of hydrogen-bond acceptors (Lipinski definition) is 4. The maximum Gasteiger partial charge on any atom is 0.354 e. The Balaban J connectivity index is 2.11. The highest BCUT2D eigenvalue weighted by atomic mass is 35.5. The number of hydrogen-bond donors (Lipinski definition) is 2. The van der Waals surface area contributed by atoms with Crippen molar-refractivity contribution in [2.24, 2.45) is 0 Å². The molecule has 0 saturated carbocycles.